The molecule has 2 aromatic carbocycles. The molecule has 162 valence electrons. The molecular weight excluding hydrogens is 396 g/mol. The third kappa shape index (κ3) is 4.47. The van der Waals surface area contributed by atoms with Crippen LogP contribution < -0.4 is 16.0 Å². The first-order valence-electron chi connectivity index (χ1n) is 10.3. The van der Waals surface area contributed by atoms with E-state index in [-0.39, 0.29) is 29.6 Å². The summed E-state index contributed by atoms with van der Waals surface area (Å²) in [7, 11) is 0. The summed E-state index contributed by atoms with van der Waals surface area (Å²) in [4.78, 5) is 39.5. The zero-order valence-corrected chi connectivity index (χ0v) is 17.5. The summed E-state index contributed by atoms with van der Waals surface area (Å²) in [5.41, 5.74) is 3.76. The van der Waals surface area contributed by atoms with Crippen LogP contribution in [0.3, 0.4) is 0 Å². The molecule has 2 aromatic rings. The Kier molecular flexibility index (Phi) is 5.54. The summed E-state index contributed by atoms with van der Waals surface area (Å²) < 4.78 is 0. The van der Waals surface area contributed by atoms with Crippen molar-refractivity contribution in [2.45, 2.75) is 44.8 Å². The number of hydrogen-bond acceptors (Lipinski definition) is 4. The predicted molar refractivity (Wildman–Crippen MR) is 116 cm³/mol. The van der Waals surface area contributed by atoms with Gasteiger partial charge in [0.25, 0.3) is 0 Å². The molecule has 0 aliphatic carbocycles. The van der Waals surface area contributed by atoms with Gasteiger partial charge in [0.2, 0.25) is 11.8 Å². The second-order valence-electron chi connectivity index (χ2n) is 8.27. The minimum Gasteiger partial charge on any atom is -0.508 e. The van der Waals surface area contributed by atoms with Crippen LogP contribution in [0.2, 0.25) is 0 Å². The number of piperazine rings is 1. The topological polar surface area (TPSA) is 111 Å². The zero-order valence-electron chi connectivity index (χ0n) is 17.5. The maximum absolute atomic E-state index is 12.9. The van der Waals surface area contributed by atoms with Gasteiger partial charge in [-0.05, 0) is 61.2 Å². The van der Waals surface area contributed by atoms with Crippen molar-refractivity contribution >= 4 is 23.5 Å². The van der Waals surface area contributed by atoms with E-state index in [1.807, 2.05) is 32.0 Å². The van der Waals surface area contributed by atoms with Crippen molar-refractivity contribution in [1.82, 2.24) is 15.5 Å². The third-order valence-electron chi connectivity index (χ3n) is 5.98. The van der Waals surface area contributed by atoms with Crippen molar-refractivity contribution < 1.29 is 19.5 Å². The molecule has 2 heterocycles. The van der Waals surface area contributed by atoms with E-state index >= 15 is 0 Å². The van der Waals surface area contributed by atoms with Gasteiger partial charge in [0, 0.05) is 18.7 Å². The van der Waals surface area contributed by atoms with Gasteiger partial charge in [0.1, 0.15) is 17.8 Å². The maximum atomic E-state index is 12.9. The number of carbonyl (C=O) groups excluding carboxylic acids is 3. The minimum absolute atomic E-state index is 0.148. The Bertz CT molecular complexity index is 1020. The highest BCUT2D eigenvalue weighted by Crippen LogP contribution is 2.24. The molecule has 2 aliphatic rings. The van der Waals surface area contributed by atoms with E-state index in [2.05, 4.69) is 16.0 Å². The van der Waals surface area contributed by atoms with E-state index < -0.39 is 12.1 Å². The average molecular weight is 422 g/mol. The van der Waals surface area contributed by atoms with E-state index in [4.69, 9.17) is 0 Å². The van der Waals surface area contributed by atoms with E-state index in [0.717, 1.165) is 16.7 Å². The highest BCUT2D eigenvalue weighted by molar-refractivity contribution is 5.98. The van der Waals surface area contributed by atoms with Crippen LogP contribution in [-0.2, 0) is 16.0 Å². The Morgan fingerprint density at radius 1 is 1.13 bits per heavy atom. The molecule has 4 N–H and O–H groups in total. The van der Waals surface area contributed by atoms with Crippen molar-refractivity contribution in [2.75, 3.05) is 11.9 Å². The molecule has 0 saturated carbocycles. The Morgan fingerprint density at radius 3 is 2.58 bits per heavy atom. The number of aryl methyl sites for hydroxylation is 2. The number of rotatable bonds is 4. The summed E-state index contributed by atoms with van der Waals surface area (Å²) in [6.07, 6.45) is 0.725. The number of benzene rings is 2. The van der Waals surface area contributed by atoms with Gasteiger partial charge in [-0.25, -0.2) is 4.79 Å². The molecule has 2 aliphatic heterocycles. The fourth-order valence-corrected chi connectivity index (χ4v) is 4.14. The molecule has 0 bridgehead atoms. The Morgan fingerprint density at radius 2 is 1.87 bits per heavy atom. The first kappa shape index (κ1) is 20.7. The van der Waals surface area contributed by atoms with Crippen LogP contribution in [0, 0.1) is 13.8 Å². The monoisotopic (exact) mass is 422 g/mol. The largest absolute Gasteiger partial charge is 0.508 e. The molecule has 3 atom stereocenters. The molecular formula is C23H26N4O4. The third-order valence-corrected chi connectivity index (χ3v) is 5.98. The molecule has 0 radical (unpaired) electrons. The lowest BCUT2D eigenvalue weighted by Crippen LogP contribution is -2.61. The van der Waals surface area contributed by atoms with E-state index in [1.54, 1.807) is 29.2 Å². The van der Waals surface area contributed by atoms with Gasteiger partial charge in [-0.2, -0.15) is 0 Å². The number of amides is 4. The first-order valence-corrected chi connectivity index (χ1v) is 10.3. The summed E-state index contributed by atoms with van der Waals surface area (Å²) in [5, 5.41) is 17.9. The van der Waals surface area contributed by atoms with E-state index in [1.165, 1.54) is 0 Å². The molecule has 0 aromatic heterocycles. The molecule has 0 spiro atoms. The van der Waals surface area contributed by atoms with E-state index in [0.29, 0.717) is 25.1 Å². The second-order valence-corrected chi connectivity index (χ2v) is 8.27. The molecule has 2 saturated heterocycles. The van der Waals surface area contributed by atoms with Gasteiger partial charge in [0.05, 0.1) is 6.04 Å². The highest BCUT2D eigenvalue weighted by atomic mass is 16.3. The molecule has 4 rings (SSSR count). The molecule has 4 amide bonds. The fraction of sp³-hybridized carbons (Fsp3) is 0.348. The lowest BCUT2D eigenvalue weighted by Gasteiger charge is -2.34. The lowest BCUT2D eigenvalue weighted by molar-refractivity contribution is -0.147. The Balaban J connectivity index is 1.37. The van der Waals surface area contributed by atoms with Crippen LogP contribution in [0.15, 0.2) is 42.5 Å². The van der Waals surface area contributed by atoms with Crippen molar-refractivity contribution in [3.63, 3.8) is 0 Å². The number of urea groups is 1. The molecule has 2 fully saturated rings. The number of phenolic OH excluding ortho intramolecular Hbond substituents is 1. The molecule has 8 nitrogen and oxygen atoms in total. The molecule has 8 heteroatoms. The van der Waals surface area contributed by atoms with Gasteiger partial charge in [-0.15, -0.1) is 0 Å². The zero-order chi connectivity index (χ0) is 22.1. The number of anilines is 1. The highest BCUT2D eigenvalue weighted by Gasteiger charge is 2.46. The number of nitrogens with zero attached hydrogens (tertiary/aromatic N) is 1. The van der Waals surface area contributed by atoms with Crippen molar-refractivity contribution in [3.8, 4) is 5.75 Å². The van der Waals surface area contributed by atoms with E-state index in [9.17, 15) is 19.5 Å². The standard InChI is InChI=1S/C23H26N4O4/c1-13-3-6-16(9-14(13)2)24-23(31)25-17-11-20-21(29)26-19(22(30)27(20)12-17)10-15-4-7-18(28)8-5-15/h3-9,17,19-20,28H,10-12H2,1-2H3,(H,26,29)(H2,24,25,31)/t17-,19-,20-/m0/s1. The maximum Gasteiger partial charge on any atom is 0.319 e. The van der Waals surface area contributed by atoms with Crippen LogP contribution >= 0.6 is 0 Å². The quantitative estimate of drug-likeness (QED) is 0.603. The summed E-state index contributed by atoms with van der Waals surface area (Å²) >= 11 is 0. The number of phenols is 1. The van der Waals surface area contributed by atoms with Crippen LogP contribution in [0.1, 0.15) is 23.1 Å². The molecule has 31 heavy (non-hydrogen) atoms. The summed E-state index contributed by atoms with van der Waals surface area (Å²) in [6.45, 7) is 4.28. The molecule has 0 unspecified atom stereocenters. The Labute approximate surface area is 180 Å². The minimum atomic E-state index is -0.656. The van der Waals surface area contributed by atoms with Gasteiger partial charge in [-0.3, -0.25) is 9.59 Å². The van der Waals surface area contributed by atoms with Crippen LogP contribution in [0.5, 0.6) is 5.75 Å². The van der Waals surface area contributed by atoms with Crippen molar-refractivity contribution in [1.29, 1.82) is 0 Å². The second kappa shape index (κ2) is 8.29. The van der Waals surface area contributed by atoms with Crippen molar-refractivity contribution in [2.24, 2.45) is 0 Å². The Hall–Kier alpha value is -3.55. The van der Waals surface area contributed by atoms with Crippen molar-refractivity contribution in [3.05, 3.63) is 59.2 Å². The van der Waals surface area contributed by atoms with Gasteiger partial charge >= 0.3 is 6.03 Å². The number of nitrogens with one attached hydrogen (secondary N) is 3. The normalized spacial score (nSPS) is 22.6. The summed E-state index contributed by atoms with van der Waals surface area (Å²) in [5.74, 6) is -0.214. The van der Waals surface area contributed by atoms with Gasteiger partial charge < -0.3 is 26.0 Å². The number of carbonyl (C=O) groups is 3. The summed E-state index contributed by atoms with van der Waals surface area (Å²) in [6, 6.07) is 10.3. The fourth-order valence-electron chi connectivity index (χ4n) is 4.14. The lowest BCUT2D eigenvalue weighted by atomic mass is 10.0. The van der Waals surface area contributed by atoms with Crippen LogP contribution in [-0.4, -0.2) is 52.5 Å². The first-order chi connectivity index (χ1) is 14.8. The number of aromatic hydroxyl groups is 1. The van der Waals surface area contributed by atoms with Crippen LogP contribution in [0.25, 0.3) is 0 Å². The SMILES string of the molecule is Cc1ccc(NC(=O)N[C@H]2C[C@H]3C(=O)N[C@@H](Cc4ccc(O)cc4)C(=O)N3C2)cc1C. The van der Waals surface area contributed by atoms with Gasteiger partial charge in [-0.1, -0.05) is 18.2 Å². The predicted octanol–water partition coefficient (Wildman–Crippen LogP) is 1.84. The number of fused-ring (bicyclic) bond motifs is 1. The number of hydrogen-bond donors (Lipinski definition) is 4. The van der Waals surface area contributed by atoms with Crippen LogP contribution in [0.4, 0.5) is 10.5 Å². The van der Waals surface area contributed by atoms with Gasteiger partial charge in [0.15, 0.2) is 0 Å². The smallest absolute Gasteiger partial charge is 0.319 e. The average Bonchev–Trinajstić information content (AvgIpc) is 3.15.